The minimum absolute atomic E-state index is 0.0256. The molecule has 0 unspecified atom stereocenters. The molecule has 0 spiro atoms. The molecule has 2 aromatic carbocycles. The Morgan fingerprint density at radius 2 is 1.69 bits per heavy atom. The van der Waals surface area contributed by atoms with Crippen LogP contribution in [0, 0.1) is 12.7 Å². The van der Waals surface area contributed by atoms with Gasteiger partial charge in [-0.1, -0.05) is 0 Å². The molecule has 4 rings (SSSR count). The van der Waals surface area contributed by atoms with Crippen LogP contribution in [0.4, 0.5) is 36.6 Å². The van der Waals surface area contributed by atoms with Crippen LogP contribution < -0.4 is 10.1 Å². The minimum Gasteiger partial charge on any atom is -0.491 e. The van der Waals surface area contributed by atoms with Crippen LogP contribution in [0.1, 0.15) is 35.4 Å². The molecule has 0 aliphatic heterocycles. The van der Waals surface area contributed by atoms with Crippen LogP contribution in [0.2, 0.25) is 0 Å². The average molecular weight is 503 g/mol. The molecular weight excluding hydrogens is 483 g/mol. The molecular formula is C23H20F7N3O2. The highest BCUT2D eigenvalue weighted by Gasteiger charge is 2.35. The maximum absolute atomic E-state index is 13.7. The van der Waals surface area contributed by atoms with Crippen molar-refractivity contribution in [1.82, 2.24) is 9.97 Å². The quantitative estimate of drug-likeness (QED) is 0.290. The Balaban J connectivity index is 1.64. The van der Waals surface area contributed by atoms with Gasteiger partial charge in [-0.05, 0) is 55.7 Å². The van der Waals surface area contributed by atoms with Crippen LogP contribution in [0.5, 0.6) is 5.75 Å². The molecule has 188 valence electrons. The molecule has 1 aliphatic carbocycles. The SMILES string of the molecule is Cc1nc(NCc2cc(F)cc(C(F)(F)F)c2)c2cc(OCCOC3CC3)c(C(F)(F)F)cc2n1. The summed E-state index contributed by atoms with van der Waals surface area (Å²) in [5.41, 5.74) is -2.25. The molecule has 35 heavy (non-hydrogen) atoms. The molecule has 1 fully saturated rings. The number of aromatic nitrogens is 2. The van der Waals surface area contributed by atoms with E-state index in [1.165, 1.54) is 6.92 Å². The van der Waals surface area contributed by atoms with Gasteiger partial charge < -0.3 is 14.8 Å². The largest absolute Gasteiger partial charge is 0.491 e. The molecule has 0 amide bonds. The summed E-state index contributed by atoms with van der Waals surface area (Å²) >= 11 is 0. The van der Waals surface area contributed by atoms with E-state index >= 15 is 0 Å². The van der Waals surface area contributed by atoms with Crippen molar-refractivity contribution in [2.45, 2.75) is 44.8 Å². The zero-order valence-electron chi connectivity index (χ0n) is 18.4. The number of benzene rings is 2. The van der Waals surface area contributed by atoms with Crippen LogP contribution in [0.25, 0.3) is 10.9 Å². The summed E-state index contributed by atoms with van der Waals surface area (Å²) in [6, 6.07) is 4.04. The van der Waals surface area contributed by atoms with Gasteiger partial charge in [-0.15, -0.1) is 0 Å². The van der Waals surface area contributed by atoms with Crippen molar-refractivity contribution in [2.75, 3.05) is 18.5 Å². The van der Waals surface area contributed by atoms with Crippen molar-refractivity contribution in [3.63, 3.8) is 0 Å². The maximum atomic E-state index is 13.7. The highest BCUT2D eigenvalue weighted by atomic mass is 19.4. The van der Waals surface area contributed by atoms with E-state index in [0.29, 0.717) is 6.07 Å². The Labute approximate surface area is 195 Å². The van der Waals surface area contributed by atoms with Gasteiger partial charge in [0.2, 0.25) is 0 Å². The van der Waals surface area contributed by atoms with Gasteiger partial charge in [0.1, 0.15) is 29.8 Å². The molecule has 5 nitrogen and oxygen atoms in total. The predicted molar refractivity (Wildman–Crippen MR) is 112 cm³/mol. The fourth-order valence-corrected chi connectivity index (χ4v) is 3.45. The molecule has 1 aliphatic rings. The number of alkyl halides is 6. The summed E-state index contributed by atoms with van der Waals surface area (Å²) in [6.07, 6.45) is -7.53. The normalized spacial score (nSPS) is 14.4. The third-order valence-corrected chi connectivity index (χ3v) is 5.18. The van der Waals surface area contributed by atoms with Crippen molar-refractivity contribution in [1.29, 1.82) is 0 Å². The first-order valence-corrected chi connectivity index (χ1v) is 10.6. The van der Waals surface area contributed by atoms with Gasteiger partial charge >= 0.3 is 12.4 Å². The van der Waals surface area contributed by atoms with Crippen LogP contribution in [-0.2, 0) is 23.6 Å². The van der Waals surface area contributed by atoms with Crippen LogP contribution >= 0.6 is 0 Å². The summed E-state index contributed by atoms with van der Waals surface area (Å²) in [6.45, 7) is 1.21. The van der Waals surface area contributed by atoms with Crippen molar-refractivity contribution in [3.8, 4) is 5.75 Å². The standard InChI is InChI=1S/C23H20F7N3O2/c1-12-32-19-10-18(23(28,29)30)20(35-5-4-34-16-2-3-16)9-17(19)21(33-12)31-11-13-6-14(22(25,26)27)8-15(24)7-13/h6-10,16H,2-5,11H2,1H3,(H,31,32,33). The lowest BCUT2D eigenvalue weighted by Gasteiger charge is -2.17. The van der Waals surface area contributed by atoms with E-state index in [2.05, 4.69) is 15.3 Å². The van der Waals surface area contributed by atoms with Gasteiger partial charge in [0.15, 0.2) is 0 Å². The highest BCUT2D eigenvalue weighted by Crippen LogP contribution is 2.40. The number of hydrogen-bond acceptors (Lipinski definition) is 5. The fraction of sp³-hybridized carbons (Fsp3) is 0.391. The number of nitrogens with zero attached hydrogens (tertiary/aromatic N) is 2. The van der Waals surface area contributed by atoms with Crippen LogP contribution in [0.15, 0.2) is 30.3 Å². The number of hydrogen-bond donors (Lipinski definition) is 1. The highest BCUT2D eigenvalue weighted by molar-refractivity contribution is 5.91. The summed E-state index contributed by atoms with van der Waals surface area (Å²) in [5, 5.41) is 2.94. The molecule has 1 saturated carbocycles. The number of anilines is 1. The van der Waals surface area contributed by atoms with E-state index in [1.54, 1.807) is 0 Å². The van der Waals surface area contributed by atoms with Gasteiger partial charge in [-0.2, -0.15) is 26.3 Å². The monoisotopic (exact) mass is 503 g/mol. The first-order chi connectivity index (χ1) is 16.4. The Morgan fingerprint density at radius 3 is 2.34 bits per heavy atom. The second-order valence-corrected chi connectivity index (χ2v) is 8.10. The van der Waals surface area contributed by atoms with Gasteiger partial charge in [0.05, 0.1) is 29.4 Å². The third-order valence-electron chi connectivity index (χ3n) is 5.18. The lowest BCUT2D eigenvalue weighted by Crippen LogP contribution is -2.13. The van der Waals surface area contributed by atoms with Crippen molar-refractivity contribution >= 4 is 16.7 Å². The number of ether oxygens (including phenoxy) is 2. The van der Waals surface area contributed by atoms with Crippen molar-refractivity contribution in [2.24, 2.45) is 0 Å². The molecule has 0 bridgehead atoms. The Kier molecular flexibility index (Phi) is 6.76. The number of rotatable bonds is 8. The Bertz CT molecular complexity index is 1220. The molecule has 3 aromatic rings. The first kappa shape index (κ1) is 25.0. The van der Waals surface area contributed by atoms with E-state index in [-0.39, 0.29) is 54.0 Å². The van der Waals surface area contributed by atoms with Crippen molar-refractivity contribution < 1.29 is 40.2 Å². The molecule has 0 atom stereocenters. The lowest BCUT2D eigenvalue weighted by atomic mass is 10.1. The summed E-state index contributed by atoms with van der Waals surface area (Å²) in [7, 11) is 0. The van der Waals surface area contributed by atoms with E-state index < -0.39 is 35.0 Å². The third kappa shape index (κ3) is 6.30. The second-order valence-electron chi connectivity index (χ2n) is 8.10. The van der Waals surface area contributed by atoms with E-state index in [1.807, 2.05) is 0 Å². The van der Waals surface area contributed by atoms with Crippen LogP contribution in [-0.4, -0.2) is 29.3 Å². The van der Waals surface area contributed by atoms with Crippen molar-refractivity contribution in [3.05, 3.63) is 58.7 Å². The fourth-order valence-electron chi connectivity index (χ4n) is 3.45. The van der Waals surface area contributed by atoms with Gasteiger partial charge in [-0.25, -0.2) is 14.4 Å². The number of halogens is 7. The maximum Gasteiger partial charge on any atom is 0.420 e. The minimum atomic E-state index is -4.74. The molecule has 1 N–H and O–H groups in total. The summed E-state index contributed by atoms with van der Waals surface area (Å²) < 4.78 is 105. The average Bonchev–Trinajstić information content (AvgIpc) is 3.57. The number of aryl methyl sites for hydroxylation is 1. The Hall–Kier alpha value is -3.15. The molecule has 1 heterocycles. The summed E-state index contributed by atoms with van der Waals surface area (Å²) in [5.74, 6) is -1.32. The number of fused-ring (bicyclic) bond motifs is 1. The second kappa shape index (κ2) is 9.48. The molecule has 12 heteroatoms. The van der Waals surface area contributed by atoms with E-state index in [9.17, 15) is 30.7 Å². The zero-order chi connectivity index (χ0) is 25.4. The molecule has 1 aromatic heterocycles. The van der Waals surface area contributed by atoms with Gasteiger partial charge in [-0.3, -0.25) is 0 Å². The zero-order valence-corrected chi connectivity index (χ0v) is 18.4. The van der Waals surface area contributed by atoms with E-state index in [4.69, 9.17) is 9.47 Å². The van der Waals surface area contributed by atoms with Crippen LogP contribution in [0.3, 0.4) is 0 Å². The topological polar surface area (TPSA) is 56.3 Å². The van der Waals surface area contributed by atoms with Gasteiger partial charge in [0.25, 0.3) is 0 Å². The van der Waals surface area contributed by atoms with E-state index in [0.717, 1.165) is 37.1 Å². The predicted octanol–water partition coefficient (Wildman–Crippen LogP) is 6.28. The molecule has 0 saturated heterocycles. The Morgan fingerprint density at radius 1 is 0.943 bits per heavy atom. The summed E-state index contributed by atoms with van der Waals surface area (Å²) in [4.78, 5) is 8.23. The van der Waals surface area contributed by atoms with Gasteiger partial charge in [0, 0.05) is 11.9 Å². The lowest BCUT2D eigenvalue weighted by molar-refractivity contribution is -0.139. The first-order valence-electron chi connectivity index (χ1n) is 10.6. The number of nitrogens with one attached hydrogen (secondary N) is 1. The smallest absolute Gasteiger partial charge is 0.420 e. The molecule has 0 radical (unpaired) electrons.